The summed E-state index contributed by atoms with van der Waals surface area (Å²) in [6.07, 6.45) is 2.34. The van der Waals surface area contributed by atoms with Gasteiger partial charge in [-0.15, -0.1) is 12.4 Å². The van der Waals surface area contributed by atoms with Crippen molar-refractivity contribution in [1.82, 2.24) is 10.2 Å². The van der Waals surface area contributed by atoms with E-state index in [4.69, 9.17) is 0 Å². The third kappa shape index (κ3) is 4.45. The molecule has 1 fully saturated rings. The Labute approximate surface area is 140 Å². The number of benzene rings is 1. The maximum absolute atomic E-state index is 12.5. The molecule has 1 aromatic rings. The molecule has 124 valence electrons. The van der Waals surface area contributed by atoms with E-state index in [-0.39, 0.29) is 24.4 Å². The maximum atomic E-state index is 12.5. The highest BCUT2D eigenvalue weighted by Gasteiger charge is 2.27. The molecule has 0 radical (unpaired) electrons. The number of aryl methyl sites for hydroxylation is 2. The molecule has 2 N–H and O–H groups in total. The highest BCUT2D eigenvalue weighted by molar-refractivity contribution is 5.95. The van der Waals surface area contributed by atoms with Gasteiger partial charge < -0.3 is 10.6 Å². The second kappa shape index (κ2) is 8.51. The van der Waals surface area contributed by atoms with Crippen LogP contribution in [-0.4, -0.2) is 43.0 Å². The number of nitrogens with zero attached hydrogens (tertiary/aromatic N) is 1. The van der Waals surface area contributed by atoms with Gasteiger partial charge in [0.15, 0.2) is 0 Å². The van der Waals surface area contributed by atoms with E-state index in [0.29, 0.717) is 6.04 Å². The van der Waals surface area contributed by atoms with Crippen LogP contribution in [0.25, 0.3) is 0 Å². The van der Waals surface area contributed by atoms with Crippen molar-refractivity contribution in [1.29, 1.82) is 0 Å². The molecule has 1 saturated heterocycles. The van der Waals surface area contributed by atoms with Crippen molar-refractivity contribution in [3.63, 3.8) is 0 Å². The molecule has 1 heterocycles. The van der Waals surface area contributed by atoms with Gasteiger partial charge in [0.2, 0.25) is 5.91 Å². The van der Waals surface area contributed by atoms with Crippen molar-refractivity contribution in [3.05, 3.63) is 29.3 Å². The Kier molecular flexibility index (Phi) is 7.33. The quantitative estimate of drug-likeness (QED) is 0.894. The summed E-state index contributed by atoms with van der Waals surface area (Å²) in [5.74, 6) is 0.0872. The van der Waals surface area contributed by atoms with Crippen LogP contribution in [-0.2, 0) is 4.79 Å². The monoisotopic (exact) mass is 325 g/mol. The van der Waals surface area contributed by atoms with Gasteiger partial charge in [0.05, 0.1) is 6.04 Å². The van der Waals surface area contributed by atoms with Crippen LogP contribution in [0, 0.1) is 13.8 Å². The highest BCUT2D eigenvalue weighted by Crippen LogP contribution is 2.21. The highest BCUT2D eigenvalue weighted by atomic mass is 35.5. The minimum atomic E-state index is -0.0971. The molecule has 5 heteroatoms. The number of rotatable bonds is 4. The molecule has 1 aliphatic rings. The maximum Gasteiger partial charge on any atom is 0.241 e. The molecule has 1 aromatic carbocycles. The average molecular weight is 326 g/mol. The van der Waals surface area contributed by atoms with Gasteiger partial charge in [0, 0.05) is 18.3 Å². The number of hydrogen-bond acceptors (Lipinski definition) is 3. The number of carbonyl (C=O) groups is 1. The Balaban J connectivity index is 0.00000242. The zero-order valence-electron chi connectivity index (χ0n) is 14.0. The molecule has 0 bridgehead atoms. The van der Waals surface area contributed by atoms with E-state index in [0.717, 1.165) is 36.3 Å². The minimum absolute atomic E-state index is 0. The van der Waals surface area contributed by atoms with Gasteiger partial charge in [-0.25, -0.2) is 0 Å². The summed E-state index contributed by atoms with van der Waals surface area (Å²) in [4.78, 5) is 14.8. The molecule has 0 aliphatic carbocycles. The van der Waals surface area contributed by atoms with Crippen molar-refractivity contribution in [3.8, 4) is 0 Å². The fourth-order valence-corrected chi connectivity index (χ4v) is 3.00. The lowest BCUT2D eigenvalue weighted by molar-refractivity contribution is -0.121. The van der Waals surface area contributed by atoms with Gasteiger partial charge in [0.1, 0.15) is 0 Å². The van der Waals surface area contributed by atoms with Crippen molar-refractivity contribution < 1.29 is 4.79 Å². The van der Waals surface area contributed by atoms with Gasteiger partial charge >= 0.3 is 0 Å². The predicted molar refractivity (Wildman–Crippen MR) is 94.9 cm³/mol. The third-order valence-corrected chi connectivity index (χ3v) is 4.52. The smallest absolute Gasteiger partial charge is 0.241 e. The number of piperidine rings is 1. The SMILES string of the molecule is CNC1CCCN(C(C)C(=O)Nc2c(C)cccc2C)C1.Cl. The Morgan fingerprint density at radius 2 is 1.95 bits per heavy atom. The van der Waals surface area contributed by atoms with Gasteiger partial charge in [-0.3, -0.25) is 9.69 Å². The number of carbonyl (C=O) groups excluding carboxylic acids is 1. The molecule has 0 aromatic heterocycles. The predicted octanol–water partition coefficient (Wildman–Crippen LogP) is 2.74. The minimum Gasteiger partial charge on any atom is -0.324 e. The van der Waals surface area contributed by atoms with Gasteiger partial charge in [0.25, 0.3) is 0 Å². The van der Waals surface area contributed by atoms with Crippen molar-refractivity contribution in [2.75, 3.05) is 25.5 Å². The first-order valence-corrected chi connectivity index (χ1v) is 7.81. The van der Waals surface area contributed by atoms with Crippen molar-refractivity contribution in [2.24, 2.45) is 0 Å². The molecule has 1 aliphatic heterocycles. The molecule has 1 amide bonds. The summed E-state index contributed by atoms with van der Waals surface area (Å²) >= 11 is 0. The third-order valence-electron chi connectivity index (χ3n) is 4.52. The normalized spacial score (nSPS) is 20.1. The molecular formula is C17H28ClN3O. The van der Waals surface area contributed by atoms with Crippen LogP contribution in [0.3, 0.4) is 0 Å². The lowest BCUT2D eigenvalue weighted by Gasteiger charge is -2.36. The summed E-state index contributed by atoms with van der Waals surface area (Å²) in [5.41, 5.74) is 3.18. The van der Waals surface area contributed by atoms with E-state index in [9.17, 15) is 4.79 Å². The number of anilines is 1. The number of amides is 1. The van der Waals surface area contributed by atoms with Crippen LogP contribution >= 0.6 is 12.4 Å². The molecule has 0 spiro atoms. The van der Waals surface area contributed by atoms with Crippen LogP contribution in [0.4, 0.5) is 5.69 Å². The average Bonchev–Trinajstić information content (AvgIpc) is 2.50. The van der Waals surface area contributed by atoms with E-state index >= 15 is 0 Å². The molecule has 0 saturated carbocycles. The lowest BCUT2D eigenvalue weighted by Crippen LogP contribution is -2.51. The number of nitrogens with one attached hydrogen (secondary N) is 2. The van der Waals surface area contributed by atoms with E-state index in [2.05, 4.69) is 15.5 Å². The number of likely N-dealkylation sites (N-methyl/N-ethyl adjacent to an activating group) is 1. The first-order chi connectivity index (χ1) is 10.0. The second-order valence-corrected chi connectivity index (χ2v) is 6.05. The Morgan fingerprint density at radius 3 is 2.55 bits per heavy atom. The van der Waals surface area contributed by atoms with Crippen LogP contribution < -0.4 is 10.6 Å². The Bertz CT molecular complexity index is 486. The van der Waals surface area contributed by atoms with E-state index in [1.807, 2.05) is 46.0 Å². The summed E-state index contributed by atoms with van der Waals surface area (Å²) in [6, 6.07) is 6.48. The van der Waals surface area contributed by atoms with Crippen molar-refractivity contribution in [2.45, 2.75) is 45.7 Å². The number of hydrogen-bond donors (Lipinski definition) is 2. The van der Waals surface area contributed by atoms with Crippen LogP contribution in [0.5, 0.6) is 0 Å². The molecule has 2 rings (SSSR count). The standard InChI is InChI=1S/C17H27N3O.ClH/c1-12-7-5-8-13(2)16(12)19-17(21)14(3)20-10-6-9-15(11-20)18-4;/h5,7-8,14-15,18H,6,9-11H2,1-4H3,(H,19,21);1H. The van der Waals surface area contributed by atoms with Crippen molar-refractivity contribution >= 4 is 24.0 Å². The summed E-state index contributed by atoms with van der Waals surface area (Å²) in [6.45, 7) is 8.01. The zero-order valence-corrected chi connectivity index (χ0v) is 14.8. The topological polar surface area (TPSA) is 44.4 Å². The van der Waals surface area contributed by atoms with E-state index in [1.165, 1.54) is 6.42 Å². The molecule has 22 heavy (non-hydrogen) atoms. The van der Waals surface area contributed by atoms with Crippen LogP contribution in [0.2, 0.25) is 0 Å². The fraction of sp³-hybridized carbons (Fsp3) is 0.588. The zero-order chi connectivity index (χ0) is 15.4. The first kappa shape index (κ1) is 18.9. The summed E-state index contributed by atoms with van der Waals surface area (Å²) < 4.78 is 0. The van der Waals surface area contributed by atoms with Gasteiger partial charge in [-0.05, 0) is 58.3 Å². The van der Waals surface area contributed by atoms with Gasteiger partial charge in [-0.1, -0.05) is 18.2 Å². The summed E-state index contributed by atoms with van der Waals surface area (Å²) in [5, 5.41) is 6.43. The molecule has 2 unspecified atom stereocenters. The van der Waals surface area contributed by atoms with Gasteiger partial charge in [-0.2, -0.15) is 0 Å². The van der Waals surface area contributed by atoms with E-state index in [1.54, 1.807) is 0 Å². The lowest BCUT2D eigenvalue weighted by atomic mass is 10.0. The number of likely N-dealkylation sites (tertiary alicyclic amines) is 1. The van der Waals surface area contributed by atoms with E-state index < -0.39 is 0 Å². The Hall–Kier alpha value is -1.10. The van der Waals surface area contributed by atoms with Crippen LogP contribution in [0.15, 0.2) is 18.2 Å². The second-order valence-electron chi connectivity index (χ2n) is 6.05. The molecule has 2 atom stereocenters. The van der Waals surface area contributed by atoms with Crippen LogP contribution in [0.1, 0.15) is 30.9 Å². The largest absolute Gasteiger partial charge is 0.324 e. The molecular weight excluding hydrogens is 298 g/mol. The Morgan fingerprint density at radius 1 is 1.32 bits per heavy atom. The fourth-order valence-electron chi connectivity index (χ4n) is 3.00. The number of halogens is 1. The number of para-hydroxylation sites is 1. The first-order valence-electron chi connectivity index (χ1n) is 7.81. The molecule has 4 nitrogen and oxygen atoms in total. The summed E-state index contributed by atoms with van der Waals surface area (Å²) in [7, 11) is 2.00.